The highest BCUT2D eigenvalue weighted by Crippen LogP contribution is 2.15. The summed E-state index contributed by atoms with van der Waals surface area (Å²) in [4.78, 5) is 23.9. The minimum absolute atomic E-state index is 0.0742. The SMILES string of the molecule is CCOC(=O)c1cn(CC)c2cccc(F)c2c1=O. The van der Waals surface area contributed by atoms with Gasteiger partial charge in [0.2, 0.25) is 5.43 Å². The van der Waals surface area contributed by atoms with Crippen LogP contribution in [0.3, 0.4) is 0 Å². The molecular weight excluding hydrogens is 249 g/mol. The molecule has 0 spiro atoms. The summed E-state index contributed by atoms with van der Waals surface area (Å²) in [7, 11) is 0. The van der Waals surface area contributed by atoms with Crippen LogP contribution in [0.4, 0.5) is 4.39 Å². The summed E-state index contributed by atoms with van der Waals surface area (Å²) >= 11 is 0. The highest BCUT2D eigenvalue weighted by molar-refractivity contribution is 5.93. The largest absolute Gasteiger partial charge is 0.462 e. The van der Waals surface area contributed by atoms with Gasteiger partial charge in [0.1, 0.15) is 11.4 Å². The highest BCUT2D eigenvalue weighted by atomic mass is 19.1. The third-order valence-corrected chi connectivity index (χ3v) is 2.89. The first-order valence-corrected chi connectivity index (χ1v) is 6.08. The molecule has 0 radical (unpaired) electrons. The number of hydrogen-bond acceptors (Lipinski definition) is 3. The van der Waals surface area contributed by atoms with E-state index in [0.717, 1.165) is 0 Å². The number of aryl methyl sites for hydroxylation is 1. The molecule has 0 aliphatic heterocycles. The van der Waals surface area contributed by atoms with Gasteiger partial charge in [0.15, 0.2) is 0 Å². The van der Waals surface area contributed by atoms with E-state index >= 15 is 0 Å². The van der Waals surface area contributed by atoms with Crippen LogP contribution in [-0.2, 0) is 11.3 Å². The van der Waals surface area contributed by atoms with Crippen LogP contribution in [0.15, 0.2) is 29.2 Å². The zero-order valence-corrected chi connectivity index (χ0v) is 10.8. The Morgan fingerprint density at radius 3 is 2.74 bits per heavy atom. The molecule has 5 heteroatoms. The summed E-state index contributed by atoms with van der Waals surface area (Å²) in [5.41, 5.74) is -0.293. The second-order valence-electron chi connectivity index (χ2n) is 4.01. The first-order chi connectivity index (χ1) is 9.10. The molecular formula is C14H14FNO3. The highest BCUT2D eigenvalue weighted by Gasteiger charge is 2.18. The normalized spacial score (nSPS) is 10.7. The lowest BCUT2D eigenvalue weighted by molar-refractivity contribution is 0.0524. The Labute approximate surface area is 109 Å². The molecule has 2 rings (SSSR count). The fraction of sp³-hybridized carbons (Fsp3) is 0.286. The van der Waals surface area contributed by atoms with Crippen molar-refractivity contribution in [2.45, 2.75) is 20.4 Å². The minimum atomic E-state index is -0.722. The molecule has 0 aliphatic rings. The molecule has 0 atom stereocenters. The van der Waals surface area contributed by atoms with Crippen LogP contribution in [0.25, 0.3) is 10.9 Å². The van der Waals surface area contributed by atoms with E-state index in [1.54, 1.807) is 17.6 Å². The van der Waals surface area contributed by atoms with Gasteiger partial charge in [0.05, 0.1) is 17.5 Å². The summed E-state index contributed by atoms with van der Waals surface area (Å²) in [6, 6.07) is 4.39. The van der Waals surface area contributed by atoms with Crippen LogP contribution in [0.2, 0.25) is 0 Å². The van der Waals surface area contributed by atoms with Crippen molar-refractivity contribution in [3.05, 3.63) is 46.0 Å². The number of ether oxygens (including phenoxy) is 1. The molecule has 0 saturated carbocycles. The van der Waals surface area contributed by atoms with E-state index in [1.807, 2.05) is 6.92 Å². The number of halogens is 1. The standard InChI is InChI=1S/C14H14FNO3/c1-3-16-8-9(14(18)19-4-2)13(17)12-10(15)6-5-7-11(12)16/h5-8H,3-4H2,1-2H3. The molecule has 0 saturated heterocycles. The number of benzene rings is 1. The fourth-order valence-corrected chi connectivity index (χ4v) is 2.01. The second kappa shape index (κ2) is 5.22. The molecule has 19 heavy (non-hydrogen) atoms. The lowest BCUT2D eigenvalue weighted by atomic mass is 10.1. The Hall–Kier alpha value is -2.17. The maximum Gasteiger partial charge on any atom is 0.343 e. The summed E-state index contributed by atoms with van der Waals surface area (Å²) in [6.45, 7) is 4.19. The van der Waals surface area contributed by atoms with Gasteiger partial charge in [-0.3, -0.25) is 4.79 Å². The van der Waals surface area contributed by atoms with Gasteiger partial charge < -0.3 is 9.30 Å². The monoisotopic (exact) mass is 263 g/mol. The number of pyridine rings is 1. The number of esters is 1. The lowest BCUT2D eigenvalue weighted by Gasteiger charge is -2.11. The van der Waals surface area contributed by atoms with Gasteiger partial charge in [-0.05, 0) is 26.0 Å². The van der Waals surface area contributed by atoms with Crippen molar-refractivity contribution in [3.63, 3.8) is 0 Å². The van der Waals surface area contributed by atoms with E-state index in [-0.39, 0.29) is 17.6 Å². The van der Waals surface area contributed by atoms with Crippen molar-refractivity contribution < 1.29 is 13.9 Å². The van der Waals surface area contributed by atoms with Crippen molar-refractivity contribution in [2.75, 3.05) is 6.61 Å². The molecule has 0 unspecified atom stereocenters. The van der Waals surface area contributed by atoms with Crippen LogP contribution >= 0.6 is 0 Å². The van der Waals surface area contributed by atoms with Crippen molar-refractivity contribution in [2.24, 2.45) is 0 Å². The van der Waals surface area contributed by atoms with E-state index in [4.69, 9.17) is 4.74 Å². The Bertz CT molecular complexity index is 691. The first-order valence-electron chi connectivity index (χ1n) is 6.08. The third kappa shape index (κ3) is 2.23. The predicted octanol–water partition coefficient (Wildman–Crippen LogP) is 2.34. The van der Waals surface area contributed by atoms with Gasteiger partial charge in [-0.15, -0.1) is 0 Å². The zero-order valence-electron chi connectivity index (χ0n) is 10.8. The predicted molar refractivity (Wildman–Crippen MR) is 69.8 cm³/mol. The Morgan fingerprint density at radius 2 is 2.11 bits per heavy atom. The van der Waals surface area contributed by atoms with Crippen LogP contribution in [0, 0.1) is 5.82 Å². The van der Waals surface area contributed by atoms with Gasteiger partial charge in [0, 0.05) is 12.7 Å². The fourth-order valence-electron chi connectivity index (χ4n) is 2.01. The number of nitrogens with zero attached hydrogens (tertiary/aromatic N) is 1. The second-order valence-corrected chi connectivity index (χ2v) is 4.01. The Morgan fingerprint density at radius 1 is 1.37 bits per heavy atom. The van der Waals surface area contributed by atoms with Gasteiger partial charge in [-0.25, -0.2) is 9.18 Å². The zero-order chi connectivity index (χ0) is 14.0. The van der Waals surface area contributed by atoms with E-state index in [0.29, 0.717) is 12.1 Å². The van der Waals surface area contributed by atoms with Gasteiger partial charge in [0.25, 0.3) is 0 Å². The molecule has 0 bridgehead atoms. The molecule has 2 aromatic rings. The van der Waals surface area contributed by atoms with Crippen LogP contribution in [0.5, 0.6) is 0 Å². The average Bonchev–Trinajstić information content (AvgIpc) is 2.39. The quantitative estimate of drug-likeness (QED) is 0.798. The lowest BCUT2D eigenvalue weighted by Crippen LogP contribution is -2.21. The first kappa shape index (κ1) is 13.3. The van der Waals surface area contributed by atoms with E-state index in [2.05, 4.69) is 0 Å². The summed E-state index contributed by atoms with van der Waals surface area (Å²) in [5.74, 6) is -1.35. The average molecular weight is 263 g/mol. The van der Waals surface area contributed by atoms with Gasteiger partial charge >= 0.3 is 5.97 Å². The number of aromatic nitrogens is 1. The molecule has 100 valence electrons. The molecule has 1 aromatic heterocycles. The van der Waals surface area contributed by atoms with Crippen molar-refractivity contribution >= 4 is 16.9 Å². The van der Waals surface area contributed by atoms with Gasteiger partial charge in [-0.1, -0.05) is 6.07 Å². The Balaban J connectivity index is 2.82. The number of hydrogen-bond donors (Lipinski definition) is 0. The molecule has 1 heterocycles. The molecule has 1 aromatic carbocycles. The summed E-state index contributed by atoms with van der Waals surface area (Å²) in [6.07, 6.45) is 1.42. The van der Waals surface area contributed by atoms with Crippen LogP contribution < -0.4 is 5.43 Å². The van der Waals surface area contributed by atoms with E-state index < -0.39 is 17.2 Å². The Kier molecular flexibility index (Phi) is 3.64. The van der Waals surface area contributed by atoms with Crippen molar-refractivity contribution in [3.8, 4) is 0 Å². The number of rotatable bonds is 3. The van der Waals surface area contributed by atoms with Crippen LogP contribution in [0.1, 0.15) is 24.2 Å². The molecule has 0 fully saturated rings. The third-order valence-electron chi connectivity index (χ3n) is 2.89. The van der Waals surface area contributed by atoms with E-state index in [1.165, 1.54) is 18.3 Å². The van der Waals surface area contributed by atoms with Crippen molar-refractivity contribution in [1.82, 2.24) is 4.57 Å². The molecule has 0 aliphatic carbocycles. The van der Waals surface area contributed by atoms with Crippen LogP contribution in [-0.4, -0.2) is 17.1 Å². The number of carbonyl (C=O) groups is 1. The summed E-state index contributed by atoms with van der Waals surface area (Å²) < 4.78 is 20.3. The number of carbonyl (C=O) groups excluding carboxylic acids is 1. The maximum atomic E-state index is 13.8. The minimum Gasteiger partial charge on any atom is -0.462 e. The smallest absolute Gasteiger partial charge is 0.343 e. The topological polar surface area (TPSA) is 48.3 Å². The maximum absolute atomic E-state index is 13.8. The van der Waals surface area contributed by atoms with Gasteiger partial charge in [-0.2, -0.15) is 0 Å². The summed E-state index contributed by atoms with van der Waals surface area (Å²) in [5, 5.41) is -0.0742. The van der Waals surface area contributed by atoms with Crippen molar-refractivity contribution in [1.29, 1.82) is 0 Å². The number of fused-ring (bicyclic) bond motifs is 1. The molecule has 4 nitrogen and oxygen atoms in total. The molecule has 0 N–H and O–H groups in total. The molecule has 0 amide bonds. The van der Waals surface area contributed by atoms with E-state index in [9.17, 15) is 14.0 Å².